The molecular formula is C15H32N2O. The summed E-state index contributed by atoms with van der Waals surface area (Å²) < 4.78 is 5.70. The molecule has 1 aliphatic rings. The molecular weight excluding hydrogens is 224 g/mol. The maximum Gasteiger partial charge on any atom is 0.0702 e. The second kappa shape index (κ2) is 9.76. The van der Waals surface area contributed by atoms with Crippen LogP contribution in [0.5, 0.6) is 0 Å². The fraction of sp³-hybridized carbons (Fsp3) is 1.00. The third kappa shape index (κ3) is 7.34. The lowest BCUT2D eigenvalue weighted by atomic mass is 10.2. The number of likely N-dealkylation sites (N-methyl/N-ethyl adjacent to an activating group) is 1. The largest absolute Gasteiger partial charge is 0.377 e. The van der Waals surface area contributed by atoms with Gasteiger partial charge in [0, 0.05) is 19.2 Å². The van der Waals surface area contributed by atoms with Gasteiger partial charge in [0.25, 0.3) is 0 Å². The van der Waals surface area contributed by atoms with Crippen molar-refractivity contribution in [1.29, 1.82) is 0 Å². The van der Waals surface area contributed by atoms with Gasteiger partial charge in [0.2, 0.25) is 0 Å². The first-order valence-electron chi connectivity index (χ1n) is 7.79. The molecule has 18 heavy (non-hydrogen) atoms. The van der Waals surface area contributed by atoms with Gasteiger partial charge in [0.15, 0.2) is 0 Å². The molecule has 1 unspecified atom stereocenters. The van der Waals surface area contributed by atoms with Gasteiger partial charge < -0.3 is 15.0 Å². The molecule has 0 bridgehead atoms. The fourth-order valence-corrected chi connectivity index (χ4v) is 2.48. The molecule has 0 aliphatic carbocycles. The highest BCUT2D eigenvalue weighted by Gasteiger charge is 2.17. The number of hydrogen-bond acceptors (Lipinski definition) is 3. The van der Waals surface area contributed by atoms with Crippen LogP contribution in [-0.4, -0.2) is 49.8 Å². The van der Waals surface area contributed by atoms with Gasteiger partial charge in [-0.05, 0) is 45.3 Å². The highest BCUT2D eigenvalue weighted by atomic mass is 16.5. The third-order valence-electron chi connectivity index (χ3n) is 3.64. The number of hydrogen-bond donors (Lipinski definition) is 1. The minimum atomic E-state index is 0.507. The Bertz CT molecular complexity index is 191. The second-order valence-electron chi connectivity index (χ2n) is 5.70. The number of nitrogens with zero attached hydrogens (tertiary/aromatic N) is 1. The maximum absolute atomic E-state index is 5.70. The Balaban J connectivity index is 1.97. The molecule has 0 amide bonds. The molecule has 0 aromatic carbocycles. The Kier molecular flexibility index (Phi) is 8.64. The van der Waals surface area contributed by atoms with Crippen LogP contribution in [0.4, 0.5) is 0 Å². The van der Waals surface area contributed by atoms with Crippen molar-refractivity contribution in [2.45, 2.75) is 65.0 Å². The van der Waals surface area contributed by atoms with Crippen LogP contribution in [-0.2, 0) is 4.74 Å². The molecule has 0 spiro atoms. The quantitative estimate of drug-likeness (QED) is 0.608. The highest BCUT2D eigenvalue weighted by Crippen LogP contribution is 2.13. The molecule has 0 aromatic rings. The minimum absolute atomic E-state index is 0.507. The Labute approximate surface area is 113 Å². The minimum Gasteiger partial charge on any atom is -0.377 e. The van der Waals surface area contributed by atoms with Gasteiger partial charge in [-0.2, -0.15) is 0 Å². The second-order valence-corrected chi connectivity index (χ2v) is 5.70. The van der Waals surface area contributed by atoms with E-state index in [2.05, 4.69) is 31.0 Å². The lowest BCUT2D eigenvalue weighted by Crippen LogP contribution is -2.33. The molecule has 108 valence electrons. The van der Waals surface area contributed by atoms with E-state index in [-0.39, 0.29) is 0 Å². The van der Waals surface area contributed by atoms with E-state index in [9.17, 15) is 0 Å². The van der Waals surface area contributed by atoms with Crippen molar-refractivity contribution in [1.82, 2.24) is 10.2 Å². The standard InChI is InChI=1S/C15H32N2O/c1-4-17(13-15-9-8-12-18-15)11-7-5-6-10-16-14(2)3/h14-16H,4-13H2,1-3H3. The van der Waals surface area contributed by atoms with E-state index in [4.69, 9.17) is 4.74 Å². The van der Waals surface area contributed by atoms with E-state index >= 15 is 0 Å². The number of ether oxygens (including phenoxy) is 1. The summed E-state index contributed by atoms with van der Waals surface area (Å²) in [6, 6.07) is 0.622. The van der Waals surface area contributed by atoms with E-state index in [1.807, 2.05) is 0 Å². The summed E-state index contributed by atoms with van der Waals surface area (Å²) in [4.78, 5) is 2.55. The first-order valence-corrected chi connectivity index (χ1v) is 7.79. The number of unbranched alkanes of at least 4 members (excludes halogenated alkanes) is 2. The van der Waals surface area contributed by atoms with Gasteiger partial charge in [0.05, 0.1) is 6.10 Å². The van der Waals surface area contributed by atoms with Crippen LogP contribution in [0.2, 0.25) is 0 Å². The first-order chi connectivity index (χ1) is 8.72. The van der Waals surface area contributed by atoms with E-state index in [1.54, 1.807) is 0 Å². The van der Waals surface area contributed by atoms with Gasteiger partial charge in [0.1, 0.15) is 0 Å². The molecule has 0 aromatic heterocycles. The van der Waals surface area contributed by atoms with Crippen molar-refractivity contribution in [2.24, 2.45) is 0 Å². The van der Waals surface area contributed by atoms with Crippen LogP contribution in [0.15, 0.2) is 0 Å². The van der Waals surface area contributed by atoms with Gasteiger partial charge in [-0.3, -0.25) is 0 Å². The molecule has 0 radical (unpaired) electrons. The average molecular weight is 256 g/mol. The summed E-state index contributed by atoms with van der Waals surface area (Å²) in [7, 11) is 0. The van der Waals surface area contributed by atoms with E-state index in [0.29, 0.717) is 12.1 Å². The summed E-state index contributed by atoms with van der Waals surface area (Å²) >= 11 is 0. The van der Waals surface area contributed by atoms with Crippen LogP contribution >= 0.6 is 0 Å². The summed E-state index contributed by atoms with van der Waals surface area (Å²) in [5, 5.41) is 3.47. The lowest BCUT2D eigenvalue weighted by Gasteiger charge is -2.23. The SMILES string of the molecule is CCN(CCCCCNC(C)C)CC1CCCO1. The molecule has 1 saturated heterocycles. The summed E-state index contributed by atoms with van der Waals surface area (Å²) in [6.45, 7) is 12.3. The van der Waals surface area contributed by atoms with Gasteiger partial charge in [-0.25, -0.2) is 0 Å². The molecule has 1 aliphatic heterocycles. The molecule has 0 saturated carbocycles. The lowest BCUT2D eigenvalue weighted by molar-refractivity contribution is 0.0742. The van der Waals surface area contributed by atoms with Crippen molar-refractivity contribution in [3.63, 3.8) is 0 Å². The summed E-state index contributed by atoms with van der Waals surface area (Å²) in [6.07, 6.45) is 6.97. The number of nitrogens with one attached hydrogen (secondary N) is 1. The molecule has 1 N–H and O–H groups in total. The normalized spacial score (nSPS) is 20.2. The Hall–Kier alpha value is -0.120. The third-order valence-corrected chi connectivity index (χ3v) is 3.64. The van der Waals surface area contributed by atoms with Crippen molar-refractivity contribution in [2.75, 3.05) is 32.8 Å². The molecule has 1 rings (SSSR count). The summed E-state index contributed by atoms with van der Waals surface area (Å²) in [5.74, 6) is 0. The van der Waals surface area contributed by atoms with Crippen LogP contribution in [0.25, 0.3) is 0 Å². The number of rotatable bonds is 10. The smallest absolute Gasteiger partial charge is 0.0702 e. The summed E-state index contributed by atoms with van der Waals surface area (Å²) in [5.41, 5.74) is 0. The van der Waals surface area contributed by atoms with Crippen molar-refractivity contribution in [3.8, 4) is 0 Å². The van der Waals surface area contributed by atoms with Crippen LogP contribution in [0, 0.1) is 0 Å². The van der Waals surface area contributed by atoms with Crippen molar-refractivity contribution >= 4 is 0 Å². The van der Waals surface area contributed by atoms with E-state index in [0.717, 1.165) is 26.2 Å². The van der Waals surface area contributed by atoms with E-state index in [1.165, 1.54) is 38.6 Å². The zero-order valence-electron chi connectivity index (χ0n) is 12.6. The van der Waals surface area contributed by atoms with Gasteiger partial charge in [-0.15, -0.1) is 0 Å². The van der Waals surface area contributed by atoms with Crippen LogP contribution in [0.3, 0.4) is 0 Å². The average Bonchev–Trinajstić information content (AvgIpc) is 2.84. The van der Waals surface area contributed by atoms with Crippen LogP contribution in [0.1, 0.15) is 52.9 Å². The molecule has 1 fully saturated rings. The highest BCUT2D eigenvalue weighted by molar-refractivity contribution is 4.70. The van der Waals surface area contributed by atoms with Gasteiger partial charge in [-0.1, -0.05) is 27.2 Å². The molecule has 1 atom stereocenters. The monoisotopic (exact) mass is 256 g/mol. The fourth-order valence-electron chi connectivity index (χ4n) is 2.48. The van der Waals surface area contributed by atoms with Crippen molar-refractivity contribution in [3.05, 3.63) is 0 Å². The predicted octanol–water partition coefficient (Wildman–Crippen LogP) is 2.66. The van der Waals surface area contributed by atoms with Gasteiger partial charge >= 0.3 is 0 Å². The van der Waals surface area contributed by atoms with Crippen LogP contribution < -0.4 is 5.32 Å². The maximum atomic E-state index is 5.70. The molecule has 3 heteroatoms. The predicted molar refractivity (Wildman–Crippen MR) is 78.1 cm³/mol. The topological polar surface area (TPSA) is 24.5 Å². The first kappa shape index (κ1) is 15.9. The molecule has 3 nitrogen and oxygen atoms in total. The Morgan fingerprint density at radius 2 is 2.11 bits per heavy atom. The Morgan fingerprint density at radius 1 is 1.28 bits per heavy atom. The Morgan fingerprint density at radius 3 is 2.72 bits per heavy atom. The van der Waals surface area contributed by atoms with E-state index < -0.39 is 0 Å². The zero-order chi connectivity index (χ0) is 13.2. The van der Waals surface area contributed by atoms with Crippen molar-refractivity contribution < 1.29 is 4.74 Å². The molecule has 1 heterocycles. The zero-order valence-corrected chi connectivity index (χ0v) is 12.6.